The highest BCUT2D eigenvalue weighted by Gasteiger charge is 2.06. The molecule has 0 spiro atoms. The maximum atomic E-state index is 5.56. The van der Waals surface area contributed by atoms with E-state index in [2.05, 4.69) is 25.3 Å². The smallest absolute Gasteiger partial charge is 0.0220 e. The molecule has 0 aliphatic rings. The second-order valence-corrected chi connectivity index (χ2v) is 3.62. The standard InChI is InChI=1S/C7H18N2S/c1-9(2)7(6-8)4-5-10-3/h7H,4-6,8H2,1-3H3. The van der Waals surface area contributed by atoms with Crippen molar-refractivity contribution in [3.05, 3.63) is 0 Å². The van der Waals surface area contributed by atoms with Crippen LogP contribution in [0, 0.1) is 0 Å². The van der Waals surface area contributed by atoms with Gasteiger partial charge in [0.05, 0.1) is 0 Å². The zero-order chi connectivity index (χ0) is 7.98. The van der Waals surface area contributed by atoms with Crippen LogP contribution in [0.4, 0.5) is 0 Å². The molecule has 0 aromatic carbocycles. The minimum absolute atomic E-state index is 0.562. The SMILES string of the molecule is CSCCC(CN)N(C)C. The Bertz CT molecular complexity index is 76.0. The molecular weight excluding hydrogens is 144 g/mol. The van der Waals surface area contributed by atoms with E-state index >= 15 is 0 Å². The van der Waals surface area contributed by atoms with E-state index in [1.807, 2.05) is 11.8 Å². The minimum Gasteiger partial charge on any atom is -0.329 e. The number of hydrogen-bond donors (Lipinski definition) is 1. The summed E-state index contributed by atoms with van der Waals surface area (Å²) in [6.07, 6.45) is 3.33. The van der Waals surface area contributed by atoms with Gasteiger partial charge < -0.3 is 10.6 Å². The third-order valence-corrected chi connectivity index (χ3v) is 2.30. The van der Waals surface area contributed by atoms with Crippen molar-refractivity contribution < 1.29 is 0 Å². The van der Waals surface area contributed by atoms with Gasteiger partial charge in [0.25, 0.3) is 0 Å². The normalized spacial score (nSPS) is 14.1. The summed E-state index contributed by atoms with van der Waals surface area (Å²) in [5.41, 5.74) is 5.56. The fourth-order valence-electron chi connectivity index (χ4n) is 0.841. The predicted molar refractivity (Wildman–Crippen MR) is 49.5 cm³/mol. The molecular formula is C7H18N2S. The summed E-state index contributed by atoms with van der Waals surface area (Å²) in [5.74, 6) is 1.21. The third kappa shape index (κ3) is 4.14. The highest BCUT2D eigenvalue weighted by Crippen LogP contribution is 2.03. The fourth-order valence-corrected chi connectivity index (χ4v) is 1.35. The van der Waals surface area contributed by atoms with Crippen molar-refractivity contribution in [3.8, 4) is 0 Å². The Balaban J connectivity index is 3.40. The van der Waals surface area contributed by atoms with Gasteiger partial charge in [-0.15, -0.1) is 0 Å². The van der Waals surface area contributed by atoms with Gasteiger partial charge in [-0.25, -0.2) is 0 Å². The van der Waals surface area contributed by atoms with E-state index in [1.54, 1.807) is 0 Å². The number of nitrogens with two attached hydrogens (primary N) is 1. The van der Waals surface area contributed by atoms with Crippen molar-refractivity contribution in [1.82, 2.24) is 4.90 Å². The van der Waals surface area contributed by atoms with E-state index in [4.69, 9.17) is 5.73 Å². The molecule has 0 radical (unpaired) electrons. The maximum Gasteiger partial charge on any atom is 0.0220 e. The van der Waals surface area contributed by atoms with Gasteiger partial charge in [0.2, 0.25) is 0 Å². The second kappa shape index (κ2) is 6.01. The van der Waals surface area contributed by atoms with Crippen LogP contribution in [-0.2, 0) is 0 Å². The van der Waals surface area contributed by atoms with Crippen molar-refractivity contribution >= 4 is 11.8 Å². The molecule has 0 heterocycles. The van der Waals surface area contributed by atoms with Crippen LogP contribution in [0.2, 0.25) is 0 Å². The van der Waals surface area contributed by atoms with Crippen LogP contribution in [0.3, 0.4) is 0 Å². The topological polar surface area (TPSA) is 29.3 Å². The molecule has 0 saturated carbocycles. The van der Waals surface area contributed by atoms with Crippen LogP contribution in [0.15, 0.2) is 0 Å². The molecule has 2 nitrogen and oxygen atoms in total. The van der Waals surface area contributed by atoms with Crippen LogP contribution in [0.5, 0.6) is 0 Å². The van der Waals surface area contributed by atoms with Crippen LogP contribution in [0.25, 0.3) is 0 Å². The first kappa shape index (κ1) is 10.3. The Morgan fingerprint density at radius 3 is 2.40 bits per heavy atom. The van der Waals surface area contributed by atoms with Gasteiger partial charge in [0.1, 0.15) is 0 Å². The molecule has 2 N–H and O–H groups in total. The van der Waals surface area contributed by atoms with Crippen molar-refractivity contribution in [2.75, 3.05) is 32.6 Å². The lowest BCUT2D eigenvalue weighted by Crippen LogP contribution is -2.35. The molecule has 0 aromatic heterocycles. The Labute approximate surface area is 68.2 Å². The first-order chi connectivity index (χ1) is 4.72. The van der Waals surface area contributed by atoms with E-state index < -0.39 is 0 Å². The van der Waals surface area contributed by atoms with E-state index in [9.17, 15) is 0 Å². The quantitative estimate of drug-likeness (QED) is 0.643. The Hall–Kier alpha value is 0.270. The average Bonchev–Trinajstić information content (AvgIpc) is 1.89. The fraction of sp³-hybridized carbons (Fsp3) is 1.00. The lowest BCUT2D eigenvalue weighted by molar-refractivity contribution is 0.294. The summed E-state index contributed by atoms with van der Waals surface area (Å²) >= 11 is 1.88. The van der Waals surface area contributed by atoms with Gasteiger partial charge in [-0.05, 0) is 32.5 Å². The van der Waals surface area contributed by atoms with Crippen molar-refractivity contribution in [2.45, 2.75) is 12.5 Å². The number of likely N-dealkylation sites (N-methyl/N-ethyl adjacent to an activating group) is 1. The van der Waals surface area contributed by atoms with Crippen LogP contribution in [-0.4, -0.2) is 43.6 Å². The van der Waals surface area contributed by atoms with E-state index in [1.165, 1.54) is 12.2 Å². The summed E-state index contributed by atoms with van der Waals surface area (Å²) in [6, 6.07) is 0.562. The summed E-state index contributed by atoms with van der Waals surface area (Å²) in [4.78, 5) is 2.19. The molecule has 0 aliphatic heterocycles. The summed E-state index contributed by atoms with van der Waals surface area (Å²) in [6.45, 7) is 0.771. The molecule has 62 valence electrons. The van der Waals surface area contributed by atoms with Gasteiger partial charge in [0.15, 0.2) is 0 Å². The van der Waals surface area contributed by atoms with E-state index in [0.29, 0.717) is 6.04 Å². The van der Waals surface area contributed by atoms with Gasteiger partial charge in [0, 0.05) is 12.6 Å². The number of hydrogen-bond acceptors (Lipinski definition) is 3. The first-order valence-electron chi connectivity index (χ1n) is 3.57. The lowest BCUT2D eigenvalue weighted by atomic mass is 10.2. The molecule has 0 aromatic rings. The van der Waals surface area contributed by atoms with Crippen LogP contribution >= 0.6 is 11.8 Å². The van der Waals surface area contributed by atoms with Gasteiger partial charge >= 0.3 is 0 Å². The van der Waals surface area contributed by atoms with E-state index in [-0.39, 0.29) is 0 Å². The monoisotopic (exact) mass is 162 g/mol. The molecule has 1 unspecified atom stereocenters. The van der Waals surface area contributed by atoms with Gasteiger partial charge in [-0.2, -0.15) is 11.8 Å². The Morgan fingerprint density at radius 2 is 2.10 bits per heavy atom. The number of thioether (sulfide) groups is 1. The maximum absolute atomic E-state index is 5.56. The predicted octanol–water partition coefficient (Wildman–Crippen LogP) is 0.628. The second-order valence-electron chi connectivity index (χ2n) is 2.63. The third-order valence-electron chi connectivity index (χ3n) is 1.66. The summed E-state index contributed by atoms with van der Waals surface area (Å²) in [7, 11) is 4.16. The van der Waals surface area contributed by atoms with E-state index in [0.717, 1.165) is 6.54 Å². The van der Waals surface area contributed by atoms with Crippen molar-refractivity contribution in [1.29, 1.82) is 0 Å². The Morgan fingerprint density at radius 1 is 1.50 bits per heavy atom. The lowest BCUT2D eigenvalue weighted by Gasteiger charge is -2.21. The number of rotatable bonds is 5. The average molecular weight is 162 g/mol. The van der Waals surface area contributed by atoms with Gasteiger partial charge in [-0.1, -0.05) is 0 Å². The van der Waals surface area contributed by atoms with Crippen LogP contribution in [0.1, 0.15) is 6.42 Å². The zero-order valence-corrected chi connectivity index (χ0v) is 7.95. The van der Waals surface area contributed by atoms with Crippen molar-refractivity contribution in [2.24, 2.45) is 5.73 Å². The zero-order valence-electron chi connectivity index (χ0n) is 7.13. The largest absolute Gasteiger partial charge is 0.329 e. The molecule has 0 rings (SSSR count). The molecule has 1 atom stereocenters. The highest BCUT2D eigenvalue weighted by atomic mass is 32.2. The number of nitrogens with zero attached hydrogens (tertiary/aromatic N) is 1. The molecule has 0 bridgehead atoms. The van der Waals surface area contributed by atoms with Crippen molar-refractivity contribution in [3.63, 3.8) is 0 Å². The highest BCUT2D eigenvalue weighted by molar-refractivity contribution is 7.98. The minimum atomic E-state index is 0.562. The van der Waals surface area contributed by atoms with Gasteiger partial charge in [-0.3, -0.25) is 0 Å². The summed E-state index contributed by atoms with van der Waals surface area (Å²) < 4.78 is 0. The molecule has 0 amide bonds. The van der Waals surface area contributed by atoms with Crippen LogP contribution < -0.4 is 5.73 Å². The molecule has 3 heteroatoms. The molecule has 0 fully saturated rings. The molecule has 0 saturated heterocycles. The summed E-state index contributed by atoms with van der Waals surface area (Å²) in [5, 5.41) is 0. The molecule has 10 heavy (non-hydrogen) atoms. The first-order valence-corrected chi connectivity index (χ1v) is 4.97. The molecule has 0 aliphatic carbocycles. The Kier molecular flexibility index (Phi) is 6.17.